The summed E-state index contributed by atoms with van der Waals surface area (Å²) in [6.45, 7) is 2.22. The monoisotopic (exact) mass is 215 g/mol. The molecule has 0 atom stereocenters. The molecule has 0 heterocycles. The topological polar surface area (TPSA) is 29.5 Å². The van der Waals surface area contributed by atoms with E-state index in [2.05, 4.69) is 6.92 Å². The second kappa shape index (κ2) is 9.97. The quantitative estimate of drug-likeness (QED) is 0.437. The van der Waals surface area contributed by atoms with Crippen LogP contribution >= 0.6 is 0 Å². The molecule has 90 valence electrons. The van der Waals surface area contributed by atoms with Crippen molar-refractivity contribution in [3.05, 3.63) is 0 Å². The summed E-state index contributed by atoms with van der Waals surface area (Å²) >= 11 is 0. The number of hydroxylamine groups is 2. The Morgan fingerprint density at radius 3 is 2.07 bits per heavy atom. The lowest BCUT2D eigenvalue weighted by molar-refractivity contribution is -0.178. The Labute approximate surface area is 93.7 Å². The van der Waals surface area contributed by atoms with Gasteiger partial charge in [0.05, 0.1) is 0 Å². The van der Waals surface area contributed by atoms with Gasteiger partial charge >= 0.3 is 5.97 Å². The minimum absolute atomic E-state index is 0.117. The van der Waals surface area contributed by atoms with Gasteiger partial charge in [0.25, 0.3) is 0 Å². The van der Waals surface area contributed by atoms with Gasteiger partial charge in [-0.25, -0.2) is 0 Å². The molecule has 0 unspecified atom stereocenters. The van der Waals surface area contributed by atoms with Crippen LogP contribution in [-0.2, 0) is 9.63 Å². The zero-order chi connectivity index (χ0) is 11.5. The smallest absolute Gasteiger partial charge is 0.325 e. The van der Waals surface area contributed by atoms with Crippen LogP contribution in [0.3, 0.4) is 0 Å². The molecule has 0 saturated heterocycles. The second-order valence-corrected chi connectivity index (χ2v) is 4.15. The molecule has 0 aliphatic heterocycles. The molecule has 0 aromatic rings. The molecule has 0 rings (SSSR count). The summed E-state index contributed by atoms with van der Waals surface area (Å²) in [7, 11) is 3.45. The van der Waals surface area contributed by atoms with Crippen LogP contribution < -0.4 is 0 Å². The summed E-state index contributed by atoms with van der Waals surface area (Å²) in [6, 6.07) is 0. The normalized spacial score (nSPS) is 10.7. The molecule has 0 aliphatic carbocycles. The molecule has 0 bridgehead atoms. The minimum Gasteiger partial charge on any atom is -0.369 e. The van der Waals surface area contributed by atoms with E-state index in [0.29, 0.717) is 6.42 Å². The number of hydrogen-bond acceptors (Lipinski definition) is 3. The van der Waals surface area contributed by atoms with Crippen molar-refractivity contribution < 1.29 is 9.63 Å². The molecule has 15 heavy (non-hydrogen) atoms. The van der Waals surface area contributed by atoms with Crippen molar-refractivity contribution in [3.8, 4) is 0 Å². The fourth-order valence-corrected chi connectivity index (χ4v) is 1.48. The van der Waals surface area contributed by atoms with Crippen molar-refractivity contribution in [2.45, 2.75) is 58.3 Å². The molecule has 0 amide bonds. The molecule has 0 radical (unpaired) electrons. The highest BCUT2D eigenvalue weighted by Gasteiger charge is 2.03. The van der Waals surface area contributed by atoms with Gasteiger partial charge in [-0.3, -0.25) is 4.79 Å². The maximum Gasteiger partial charge on any atom is 0.325 e. The summed E-state index contributed by atoms with van der Waals surface area (Å²) in [6.07, 6.45) is 9.15. The highest BCUT2D eigenvalue weighted by Crippen LogP contribution is 2.08. The first kappa shape index (κ1) is 14.4. The van der Waals surface area contributed by atoms with E-state index in [1.54, 1.807) is 14.1 Å². The molecule has 0 aromatic heterocycles. The second-order valence-electron chi connectivity index (χ2n) is 4.15. The van der Waals surface area contributed by atoms with Gasteiger partial charge in [-0.2, -0.15) is 0 Å². The van der Waals surface area contributed by atoms with E-state index in [1.165, 1.54) is 37.2 Å². The number of carbonyl (C=O) groups is 1. The minimum atomic E-state index is -0.117. The molecule has 0 spiro atoms. The van der Waals surface area contributed by atoms with Crippen molar-refractivity contribution in [1.29, 1.82) is 0 Å². The fourth-order valence-electron chi connectivity index (χ4n) is 1.48. The summed E-state index contributed by atoms with van der Waals surface area (Å²) in [5.41, 5.74) is 0. The molecule has 0 aromatic carbocycles. The SMILES string of the molecule is CCCCCCCCCC(=O)ON(C)C. The van der Waals surface area contributed by atoms with Gasteiger partial charge in [0.2, 0.25) is 0 Å². The zero-order valence-corrected chi connectivity index (χ0v) is 10.4. The van der Waals surface area contributed by atoms with E-state index in [9.17, 15) is 4.79 Å². The molecule has 0 saturated carbocycles. The molecule has 3 heteroatoms. The molecule has 0 aliphatic rings. The van der Waals surface area contributed by atoms with Gasteiger partial charge in [0.1, 0.15) is 0 Å². The Bertz CT molecular complexity index is 158. The van der Waals surface area contributed by atoms with E-state index in [-0.39, 0.29) is 5.97 Å². The standard InChI is InChI=1S/C12H25NO2/c1-4-5-6-7-8-9-10-11-12(14)15-13(2)3/h4-11H2,1-3H3. The van der Waals surface area contributed by atoms with E-state index < -0.39 is 0 Å². The van der Waals surface area contributed by atoms with Crippen LogP contribution in [-0.4, -0.2) is 25.1 Å². The van der Waals surface area contributed by atoms with Crippen molar-refractivity contribution in [3.63, 3.8) is 0 Å². The Morgan fingerprint density at radius 2 is 1.53 bits per heavy atom. The summed E-state index contributed by atoms with van der Waals surface area (Å²) in [5.74, 6) is -0.117. The zero-order valence-electron chi connectivity index (χ0n) is 10.4. The van der Waals surface area contributed by atoms with Gasteiger partial charge in [0.15, 0.2) is 0 Å². The van der Waals surface area contributed by atoms with Crippen molar-refractivity contribution >= 4 is 5.97 Å². The third-order valence-corrected chi connectivity index (χ3v) is 2.27. The van der Waals surface area contributed by atoms with Crippen molar-refractivity contribution in [2.24, 2.45) is 0 Å². The largest absolute Gasteiger partial charge is 0.369 e. The predicted molar refractivity (Wildman–Crippen MR) is 62.4 cm³/mol. The fraction of sp³-hybridized carbons (Fsp3) is 0.917. The average Bonchev–Trinajstić information content (AvgIpc) is 2.15. The third-order valence-electron chi connectivity index (χ3n) is 2.27. The summed E-state index contributed by atoms with van der Waals surface area (Å²) in [4.78, 5) is 16.0. The van der Waals surface area contributed by atoms with Gasteiger partial charge < -0.3 is 4.84 Å². The Hall–Kier alpha value is -0.570. The first-order valence-electron chi connectivity index (χ1n) is 6.05. The number of hydrogen-bond donors (Lipinski definition) is 0. The molecule has 3 nitrogen and oxygen atoms in total. The Morgan fingerprint density at radius 1 is 1.00 bits per heavy atom. The predicted octanol–water partition coefficient (Wildman–Crippen LogP) is 3.15. The van der Waals surface area contributed by atoms with Crippen LogP contribution in [0.4, 0.5) is 0 Å². The van der Waals surface area contributed by atoms with Crippen molar-refractivity contribution in [1.82, 2.24) is 5.06 Å². The van der Waals surface area contributed by atoms with Crippen LogP contribution in [0.15, 0.2) is 0 Å². The lowest BCUT2D eigenvalue weighted by Crippen LogP contribution is -2.18. The number of nitrogens with zero attached hydrogens (tertiary/aromatic N) is 1. The van der Waals surface area contributed by atoms with Gasteiger partial charge in [-0.05, 0) is 6.42 Å². The lowest BCUT2D eigenvalue weighted by atomic mass is 10.1. The van der Waals surface area contributed by atoms with Gasteiger partial charge in [-0.1, -0.05) is 45.4 Å². The number of rotatable bonds is 9. The molecular formula is C12H25NO2. The lowest BCUT2D eigenvalue weighted by Gasteiger charge is -2.09. The van der Waals surface area contributed by atoms with Crippen LogP contribution in [0, 0.1) is 0 Å². The van der Waals surface area contributed by atoms with Gasteiger partial charge in [-0.15, -0.1) is 5.06 Å². The third kappa shape index (κ3) is 11.4. The summed E-state index contributed by atoms with van der Waals surface area (Å²) < 4.78 is 0. The highest BCUT2D eigenvalue weighted by atomic mass is 16.7. The van der Waals surface area contributed by atoms with Crippen LogP contribution in [0.1, 0.15) is 58.3 Å². The Balaban J connectivity index is 3.13. The maximum absolute atomic E-state index is 11.1. The van der Waals surface area contributed by atoms with E-state index in [1.807, 2.05) is 0 Å². The average molecular weight is 215 g/mol. The van der Waals surface area contributed by atoms with E-state index >= 15 is 0 Å². The van der Waals surface area contributed by atoms with E-state index in [0.717, 1.165) is 12.8 Å². The number of carbonyl (C=O) groups excluding carboxylic acids is 1. The van der Waals surface area contributed by atoms with Crippen LogP contribution in [0.5, 0.6) is 0 Å². The first-order valence-corrected chi connectivity index (χ1v) is 6.05. The highest BCUT2D eigenvalue weighted by molar-refractivity contribution is 5.68. The Kier molecular flexibility index (Phi) is 9.59. The van der Waals surface area contributed by atoms with E-state index in [4.69, 9.17) is 4.84 Å². The van der Waals surface area contributed by atoms with Gasteiger partial charge in [0, 0.05) is 20.5 Å². The van der Waals surface area contributed by atoms with Crippen LogP contribution in [0.25, 0.3) is 0 Å². The summed E-state index contributed by atoms with van der Waals surface area (Å²) in [5, 5.41) is 1.45. The molecule has 0 fully saturated rings. The first-order chi connectivity index (χ1) is 7.16. The molecule has 0 N–H and O–H groups in total. The van der Waals surface area contributed by atoms with Crippen molar-refractivity contribution in [2.75, 3.05) is 14.1 Å². The molecular weight excluding hydrogens is 190 g/mol. The number of unbranched alkanes of at least 4 members (excludes halogenated alkanes) is 6. The maximum atomic E-state index is 11.1. The van der Waals surface area contributed by atoms with Crippen LogP contribution in [0.2, 0.25) is 0 Å².